The van der Waals surface area contributed by atoms with Crippen molar-refractivity contribution in [2.24, 2.45) is 0 Å². The number of nitrogens with zero attached hydrogens (tertiary/aromatic N) is 2. The maximum atomic E-state index is 10.3. The topological polar surface area (TPSA) is 46.0 Å². The Labute approximate surface area is 138 Å². The average molecular weight is 330 g/mol. The van der Waals surface area contributed by atoms with E-state index in [0.29, 0.717) is 5.75 Å². The smallest absolute Gasteiger partial charge is 0.128 e. The van der Waals surface area contributed by atoms with Crippen molar-refractivity contribution in [1.29, 1.82) is 0 Å². The molecule has 1 N–H and O–H groups in total. The molecule has 0 aliphatic rings. The molecule has 0 saturated heterocycles. The van der Waals surface area contributed by atoms with Crippen LogP contribution in [0.3, 0.4) is 0 Å². The number of fused-ring (bicyclic) bond motifs is 1. The van der Waals surface area contributed by atoms with E-state index >= 15 is 0 Å². The number of aromatic nitrogens is 2. The molecule has 22 heavy (non-hydrogen) atoms. The summed E-state index contributed by atoms with van der Waals surface area (Å²) in [4.78, 5) is 11.4. The fraction of sp³-hybridized carbons (Fsp3) is 0.294. The SMILES string of the molecule is Cc1nc(SCC(O)c2ccccc2)c2c(C)c(C)sc2n1. The van der Waals surface area contributed by atoms with Crippen LogP contribution >= 0.6 is 23.1 Å². The number of aliphatic hydroxyl groups is 1. The first kappa shape index (κ1) is 15.5. The largest absolute Gasteiger partial charge is 0.388 e. The molecule has 0 fully saturated rings. The summed E-state index contributed by atoms with van der Waals surface area (Å²) in [6, 6.07) is 9.75. The van der Waals surface area contributed by atoms with Crippen LogP contribution in [-0.2, 0) is 0 Å². The van der Waals surface area contributed by atoms with Crippen molar-refractivity contribution in [3.63, 3.8) is 0 Å². The summed E-state index contributed by atoms with van der Waals surface area (Å²) in [5.41, 5.74) is 2.19. The van der Waals surface area contributed by atoms with Gasteiger partial charge in [0.25, 0.3) is 0 Å². The standard InChI is InChI=1S/C17H18N2OS2/c1-10-11(2)22-17-15(10)16(18-12(3)19-17)21-9-14(20)13-7-5-4-6-8-13/h4-8,14,20H,9H2,1-3H3. The van der Waals surface area contributed by atoms with Crippen molar-refractivity contribution in [3.05, 3.63) is 52.2 Å². The number of thiophene rings is 1. The highest BCUT2D eigenvalue weighted by Gasteiger charge is 2.15. The Kier molecular flexibility index (Phi) is 4.47. The Morgan fingerprint density at radius 1 is 1.14 bits per heavy atom. The summed E-state index contributed by atoms with van der Waals surface area (Å²) in [5.74, 6) is 1.37. The molecule has 0 aliphatic carbocycles. The quantitative estimate of drug-likeness (QED) is 0.567. The monoisotopic (exact) mass is 330 g/mol. The molecule has 5 heteroatoms. The van der Waals surface area contributed by atoms with Gasteiger partial charge in [0.2, 0.25) is 0 Å². The highest BCUT2D eigenvalue weighted by Crippen LogP contribution is 2.36. The second-order valence-corrected chi connectivity index (χ2v) is 7.49. The van der Waals surface area contributed by atoms with E-state index in [9.17, 15) is 5.11 Å². The van der Waals surface area contributed by atoms with Crippen LogP contribution in [0.5, 0.6) is 0 Å². The van der Waals surface area contributed by atoms with Gasteiger partial charge in [-0.25, -0.2) is 9.97 Å². The average Bonchev–Trinajstić information content (AvgIpc) is 2.80. The molecule has 114 valence electrons. The van der Waals surface area contributed by atoms with Crippen LogP contribution in [0.1, 0.15) is 27.9 Å². The zero-order valence-electron chi connectivity index (χ0n) is 12.8. The normalized spacial score (nSPS) is 12.7. The Hall–Kier alpha value is -1.43. The molecule has 0 aliphatic heterocycles. The van der Waals surface area contributed by atoms with E-state index < -0.39 is 6.10 Å². The second kappa shape index (κ2) is 6.36. The minimum Gasteiger partial charge on any atom is -0.388 e. The minimum atomic E-state index is -0.489. The third-order valence-electron chi connectivity index (χ3n) is 3.67. The van der Waals surface area contributed by atoms with E-state index in [2.05, 4.69) is 23.8 Å². The number of rotatable bonds is 4. The zero-order chi connectivity index (χ0) is 15.7. The molecule has 0 amide bonds. The van der Waals surface area contributed by atoms with Gasteiger partial charge in [-0.15, -0.1) is 23.1 Å². The lowest BCUT2D eigenvalue weighted by atomic mass is 10.1. The second-order valence-electron chi connectivity index (χ2n) is 5.28. The first-order valence-corrected chi connectivity index (χ1v) is 8.96. The molecule has 3 rings (SSSR count). The predicted molar refractivity (Wildman–Crippen MR) is 93.8 cm³/mol. The number of hydrogen-bond acceptors (Lipinski definition) is 5. The summed E-state index contributed by atoms with van der Waals surface area (Å²) in [5, 5.41) is 12.4. The van der Waals surface area contributed by atoms with E-state index in [1.165, 1.54) is 10.4 Å². The molecule has 1 aromatic carbocycles. The summed E-state index contributed by atoms with van der Waals surface area (Å²) in [6.45, 7) is 6.15. The fourth-order valence-electron chi connectivity index (χ4n) is 2.35. The molecule has 0 bridgehead atoms. The number of aliphatic hydroxyl groups excluding tert-OH is 1. The summed E-state index contributed by atoms with van der Waals surface area (Å²) >= 11 is 3.31. The van der Waals surface area contributed by atoms with Crippen molar-refractivity contribution in [3.8, 4) is 0 Å². The maximum Gasteiger partial charge on any atom is 0.128 e. The lowest BCUT2D eigenvalue weighted by Crippen LogP contribution is -2.01. The van der Waals surface area contributed by atoms with Gasteiger partial charge in [0.1, 0.15) is 15.7 Å². The van der Waals surface area contributed by atoms with E-state index in [1.54, 1.807) is 23.1 Å². The molecule has 0 spiro atoms. The summed E-state index contributed by atoms with van der Waals surface area (Å²) in [7, 11) is 0. The van der Waals surface area contributed by atoms with Crippen LogP contribution in [0.2, 0.25) is 0 Å². The van der Waals surface area contributed by atoms with Crippen molar-refractivity contribution in [2.45, 2.75) is 31.9 Å². The molecule has 3 nitrogen and oxygen atoms in total. The number of hydrogen-bond donors (Lipinski definition) is 1. The summed E-state index contributed by atoms with van der Waals surface area (Å²) in [6.07, 6.45) is -0.489. The van der Waals surface area contributed by atoms with Crippen LogP contribution in [0.25, 0.3) is 10.2 Å². The van der Waals surface area contributed by atoms with Crippen molar-refractivity contribution in [2.75, 3.05) is 5.75 Å². The molecule has 1 atom stereocenters. The molecule has 2 heterocycles. The zero-order valence-corrected chi connectivity index (χ0v) is 14.5. The predicted octanol–water partition coefficient (Wildman–Crippen LogP) is 4.44. The van der Waals surface area contributed by atoms with Gasteiger partial charge in [-0.05, 0) is 31.9 Å². The van der Waals surface area contributed by atoms with Gasteiger partial charge in [0, 0.05) is 16.0 Å². The van der Waals surface area contributed by atoms with Crippen LogP contribution in [0.4, 0.5) is 0 Å². The molecule has 3 aromatic rings. The Morgan fingerprint density at radius 2 is 1.86 bits per heavy atom. The molecular formula is C17H18N2OS2. The van der Waals surface area contributed by atoms with Gasteiger partial charge in [-0.2, -0.15) is 0 Å². The van der Waals surface area contributed by atoms with Crippen molar-refractivity contribution in [1.82, 2.24) is 9.97 Å². The molecule has 2 aromatic heterocycles. The van der Waals surface area contributed by atoms with E-state index in [4.69, 9.17) is 0 Å². The van der Waals surface area contributed by atoms with Gasteiger partial charge in [-0.1, -0.05) is 30.3 Å². The van der Waals surface area contributed by atoms with Crippen molar-refractivity contribution < 1.29 is 5.11 Å². The highest BCUT2D eigenvalue weighted by molar-refractivity contribution is 7.99. The fourth-order valence-corrected chi connectivity index (χ4v) is 4.59. The number of thioether (sulfide) groups is 1. The molecule has 0 saturated carbocycles. The minimum absolute atomic E-state index is 0.489. The Balaban J connectivity index is 1.88. The summed E-state index contributed by atoms with van der Waals surface area (Å²) < 4.78 is 0. The van der Waals surface area contributed by atoms with Gasteiger partial charge < -0.3 is 5.11 Å². The first-order chi connectivity index (χ1) is 10.6. The third-order valence-corrected chi connectivity index (χ3v) is 5.82. The number of benzene rings is 1. The third kappa shape index (κ3) is 3.02. The van der Waals surface area contributed by atoms with Gasteiger partial charge in [0.05, 0.1) is 6.10 Å². The molecule has 0 radical (unpaired) electrons. The van der Waals surface area contributed by atoms with Gasteiger partial charge in [-0.3, -0.25) is 0 Å². The molecule has 1 unspecified atom stereocenters. The molecular weight excluding hydrogens is 312 g/mol. The van der Waals surface area contributed by atoms with Gasteiger partial charge >= 0.3 is 0 Å². The lowest BCUT2D eigenvalue weighted by Gasteiger charge is -2.11. The van der Waals surface area contributed by atoms with Crippen LogP contribution in [-0.4, -0.2) is 20.8 Å². The van der Waals surface area contributed by atoms with Gasteiger partial charge in [0.15, 0.2) is 0 Å². The van der Waals surface area contributed by atoms with Crippen LogP contribution in [0.15, 0.2) is 35.4 Å². The Morgan fingerprint density at radius 3 is 2.59 bits per heavy atom. The highest BCUT2D eigenvalue weighted by atomic mass is 32.2. The lowest BCUT2D eigenvalue weighted by molar-refractivity contribution is 0.204. The van der Waals surface area contributed by atoms with Crippen LogP contribution < -0.4 is 0 Å². The van der Waals surface area contributed by atoms with E-state index in [0.717, 1.165) is 26.6 Å². The first-order valence-electron chi connectivity index (χ1n) is 7.16. The van der Waals surface area contributed by atoms with Crippen molar-refractivity contribution >= 4 is 33.3 Å². The Bertz CT molecular complexity index is 799. The maximum absolute atomic E-state index is 10.3. The van der Waals surface area contributed by atoms with E-state index in [-0.39, 0.29) is 0 Å². The van der Waals surface area contributed by atoms with Crippen LogP contribution in [0, 0.1) is 20.8 Å². The van der Waals surface area contributed by atoms with E-state index in [1.807, 2.05) is 37.3 Å². The number of aryl methyl sites for hydroxylation is 3.